The Labute approximate surface area is 125 Å². The zero-order chi connectivity index (χ0) is 15.4. The van der Waals surface area contributed by atoms with Gasteiger partial charge in [-0.1, -0.05) is 12.1 Å². The number of amides is 2. The first-order valence-corrected chi connectivity index (χ1v) is 7.44. The van der Waals surface area contributed by atoms with Crippen molar-refractivity contribution in [2.75, 3.05) is 7.05 Å². The van der Waals surface area contributed by atoms with Crippen LogP contribution in [0.25, 0.3) is 0 Å². The van der Waals surface area contributed by atoms with Crippen LogP contribution >= 0.6 is 0 Å². The van der Waals surface area contributed by atoms with Gasteiger partial charge in [-0.15, -0.1) is 0 Å². The van der Waals surface area contributed by atoms with Crippen LogP contribution in [0.5, 0.6) is 0 Å². The Morgan fingerprint density at radius 3 is 2.43 bits per heavy atom. The van der Waals surface area contributed by atoms with Gasteiger partial charge in [0.15, 0.2) is 0 Å². The SMILES string of the molecule is CC(c1ccc(F)cc1)N(C)C(=O)NC1CCC(O)CC1. The number of benzene rings is 1. The molecule has 5 heteroatoms. The molecule has 2 rings (SSSR count). The molecule has 0 heterocycles. The third-order valence-corrected chi connectivity index (χ3v) is 4.28. The van der Waals surface area contributed by atoms with Crippen LogP contribution in [0, 0.1) is 5.82 Å². The minimum absolute atomic E-state index is 0.125. The molecule has 0 bridgehead atoms. The Hall–Kier alpha value is -1.62. The van der Waals surface area contributed by atoms with Crippen molar-refractivity contribution in [1.29, 1.82) is 0 Å². The number of carbonyl (C=O) groups excluding carboxylic acids is 1. The predicted octanol–water partition coefficient (Wildman–Crippen LogP) is 2.83. The Morgan fingerprint density at radius 2 is 1.86 bits per heavy atom. The Morgan fingerprint density at radius 1 is 1.29 bits per heavy atom. The molecular weight excluding hydrogens is 271 g/mol. The quantitative estimate of drug-likeness (QED) is 0.900. The lowest BCUT2D eigenvalue weighted by atomic mass is 9.93. The summed E-state index contributed by atoms with van der Waals surface area (Å²) in [5.74, 6) is -0.279. The topological polar surface area (TPSA) is 52.6 Å². The molecule has 1 aliphatic rings. The highest BCUT2D eigenvalue weighted by Gasteiger charge is 2.24. The Kier molecular flexibility index (Phi) is 5.17. The molecule has 21 heavy (non-hydrogen) atoms. The van der Waals surface area contributed by atoms with Crippen molar-refractivity contribution >= 4 is 6.03 Å². The number of hydrogen-bond donors (Lipinski definition) is 2. The molecule has 116 valence electrons. The molecule has 1 fully saturated rings. The van der Waals surface area contributed by atoms with Gasteiger partial charge < -0.3 is 15.3 Å². The first-order chi connectivity index (χ1) is 9.97. The number of aliphatic hydroxyl groups excluding tert-OH is 1. The fourth-order valence-corrected chi connectivity index (χ4v) is 2.64. The standard InChI is InChI=1S/C16H23FN2O2/c1-11(12-3-5-13(17)6-4-12)19(2)16(21)18-14-7-9-15(20)10-8-14/h3-6,11,14-15,20H,7-10H2,1-2H3,(H,18,21). The molecule has 0 aromatic heterocycles. The third-order valence-electron chi connectivity index (χ3n) is 4.28. The molecule has 1 atom stereocenters. The van der Waals surface area contributed by atoms with Gasteiger partial charge in [0.25, 0.3) is 0 Å². The molecule has 1 aromatic rings. The average Bonchev–Trinajstić information content (AvgIpc) is 2.49. The van der Waals surface area contributed by atoms with E-state index in [4.69, 9.17) is 0 Å². The molecule has 1 saturated carbocycles. The van der Waals surface area contributed by atoms with Crippen molar-refractivity contribution in [3.05, 3.63) is 35.6 Å². The Balaban J connectivity index is 1.90. The van der Waals surface area contributed by atoms with Gasteiger partial charge >= 0.3 is 6.03 Å². The lowest BCUT2D eigenvalue weighted by Crippen LogP contribution is -2.45. The largest absolute Gasteiger partial charge is 0.393 e. The lowest BCUT2D eigenvalue weighted by molar-refractivity contribution is 0.115. The normalized spacial score (nSPS) is 23.4. The van der Waals surface area contributed by atoms with Crippen molar-refractivity contribution in [1.82, 2.24) is 10.2 Å². The predicted molar refractivity (Wildman–Crippen MR) is 79.4 cm³/mol. The van der Waals surface area contributed by atoms with E-state index in [1.165, 1.54) is 12.1 Å². The van der Waals surface area contributed by atoms with E-state index < -0.39 is 0 Å². The summed E-state index contributed by atoms with van der Waals surface area (Å²) >= 11 is 0. The monoisotopic (exact) mass is 294 g/mol. The highest BCUT2D eigenvalue weighted by molar-refractivity contribution is 5.74. The summed E-state index contributed by atoms with van der Waals surface area (Å²) < 4.78 is 12.9. The third kappa shape index (κ3) is 4.17. The molecule has 2 amide bonds. The van der Waals surface area contributed by atoms with E-state index in [0.717, 1.165) is 31.2 Å². The molecule has 4 nitrogen and oxygen atoms in total. The van der Waals surface area contributed by atoms with Gasteiger partial charge in [-0.2, -0.15) is 0 Å². The number of urea groups is 1. The number of nitrogens with zero attached hydrogens (tertiary/aromatic N) is 1. The van der Waals surface area contributed by atoms with Gasteiger partial charge in [0.2, 0.25) is 0 Å². The van der Waals surface area contributed by atoms with Crippen LogP contribution in [-0.4, -0.2) is 35.2 Å². The number of aliphatic hydroxyl groups is 1. The fraction of sp³-hybridized carbons (Fsp3) is 0.562. The van der Waals surface area contributed by atoms with Gasteiger partial charge in [-0.05, 0) is 50.3 Å². The zero-order valence-corrected chi connectivity index (χ0v) is 12.6. The maximum atomic E-state index is 12.9. The van der Waals surface area contributed by atoms with Gasteiger partial charge in [-0.3, -0.25) is 0 Å². The van der Waals surface area contributed by atoms with E-state index in [-0.39, 0.29) is 30.0 Å². The number of nitrogens with one attached hydrogen (secondary N) is 1. The summed E-state index contributed by atoms with van der Waals surface area (Å²) in [5, 5.41) is 12.5. The van der Waals surface area contributed by atoms with Crippen LogP contribution in [0.3, 0.4) is 0 Å². The minimum Gasteiger partial charge on any atom is -0.393 e. The summed E-state index contributed by atoms with van der Waals surface area (Å²) in [7, 11) is 1.74. The molecule has 1 unspecified atom stereocenters. The van der Waals surface area contributed by atoms with E-state index in [2.05, 4.69) is 5.32 Å². The van der Waals surface area contributed by atoms with Crippen LogP contribution < -0.4 is 5.32 Å². The van der Waals surface area contributed by atoms with E-state index in [1.807, 2.05) is 6.92 Å². The number of rotatable bonds is 3. The van der Waals surface area contributed by atoms with Crippen molar-refractivity contribution in [2.24, 2.45) is 0 Å². The smallest absolute Gasteiger partial charge is 0.317 e. The average molecular weight is 294 g/mol. The maximum absolute atomic E-state index is 12.9. The van der Waals surface area contributed by atoms with Gasteiger partial charge in [0.1, 0.15) is 5.82 Å². The summed E-state index contributed by atoms with van der Waals surface area (Å²) in [5.41, 5.74) is 0.896. The minimum atomic E-state index is -0.279. The van der Waals surface area contributed by atoms with Crippen molar-refractivity contribution in [3.8, 4) is 0 Å². The zero-order valence-electron chi connectivity index (χ0n) is 12.6. The second-order valence-corrected chi connectivity index (χ2v) is 5.79. The number of carbonyl (C=O) groups is 1. The van der Waals surface area contributed by atoms with E-state index in [9.17, 15) is 14.3 Å². The molecule has 0 radical (unpaired) electrons. The van der Waals surface area contributed by atoms with Gasteiger partial charge in [-0.25, -0.2) is 9.18 Å². The molecule has 0 aliphatic heterocycles. The summed E-state index contributed by atoms with van der Waals surface area (Å²) in [6, 6.07) is 6.07. The van der Waals surface area contributed by atoms with Crippen LogP contribution in [0.4, 0.5) is 9.18 Å². The number of hydrogen-bond acceptors (Lipinski definition) is 2. The van der Waals surface area contributed by atoms with Crippen LogP contribution in [0.2, 0.25) is 0 Å². The number of halogens is 1. The highest BCUT2D eigenvalue weighted by Crippen LogP contribution is 2.21. The maximum Gasteiger partial charge on any atom is 0.317 e. The van der Waals surface area contributed by atoms with E-state index in [0.29, 0.717) is 0 Å². The summed E-state index contributed by atoms with van der Waals surface area (Å²) in [6.45, 7) is 1.91. The van der Waals surface area contributed by atoms with E-state index in [1.54, 1.807) is 24.1 Å². The summed E-state index contributed by atoms with van der Waals surface area (Å²) in [6.07, 6.45) is 2.87. The lowest BCUT2D eigenvalue weighted by Gasteiger charge is -2.31. The summed E-state index contributed by atoms with van der Waals surface area (Å²) in [4.78, 5) is 13.9. The Bertz CT molecular complexity index is 470. The molecular formula is C16H23FN2O2. The molecule has 2 N–H and O–H groups in total. The second kappa shape index (κ2) is 6.89. The first-order valence-electron chi connectivity index (χ1n) is 7.44. The molecule has 1 aliphatic carbocycles. The van der Waals surface area contributed by atoms with Crippen molar-refractivity contribution in [2.45, 2.75) is 50.8 Å². The molecule has 0 saturated heterocycles. The highest BCUT2D eigenvalue weighted by atomic mass is 19.1. The molecule has 0 spiro atoms. The van der Waals surface area contributed by atoms with Crippen LogP contribution in [0.15, 0.2) is 24.3 Å². The van der Waals surface area contributed by atoms with Gasteiger partial charge in [0, 0.05) is 13.1 Å². The van der Waals surface area contributed by atoms with Gasteiger partial charge in [0.05, 0.1) is 12.1 Å². The first kappa shape index (κ1) is 15.8. The van der Waals surface area contributed by atoms with E-state index >= 15 is 0 Å². The van der Waals surface area contributed by atoms with Crippen LogP contribution in [-0.2, 0) is 0 Å². The van der Waals surface area contributed by atoms with Crippen molar-refractivity contribution < 1.29 is 14.3 Å². The fourth-order valence-electron chi connectivity index (χ4n) is 2.64. The van der Waals surface area contributed by atoms with Crippen molar-refractivity contribution in [3.63, 3.8) is 0 Å². The van der Waals surface area contributed by atoms with Crippen LogP contribution in [0.1, 0.15) is 44.2 Å². The molecule has 1 aromatic carbocycles. The second-order valence-electron chi connectivity index (χ2n) is 5.79.